The van der Waals surface area contributed by atoms with Gasteiger partial charge < -0.3 is 4.74 Å². The van der Waals surface area contributed by atoms with Gasteiger partial charge in [-0.1, -0.05) is 0 Å². The second-order valence-electron chi connectivity index (χ2n) is 4.15. The summed E-state index contributed by atoms with van der Waals surface area (Å²) in [5, 5.41) is 0. The summed E-state index contributed by atoms with van der Waals surface area (Å²) in [5.41, 5.74) is 0.515. The molecule has 21 heavy (non-hydrogen) atoms. The molecule has 1 unspecified atom stereocenters. The molecule has 0 aliphatic heterocycles. The third kappa shape index (κ3) is 5.79. The number of aryl methyl sites for hydroxylation is 1. The smallest absolute Gasteiger partial charge is 0.426 e. The molecule has 0 heterocycles. The maximum atomic E-state index is 12.6. The SMILES string of the molecule is Cc1cc(C(=O)OC(CS(=O)(=O)O)C(F)(F)F)ccc1I. The van der Waals surface area contributed by atoms with E-state index in [0.29, 0.717) is 5.56 Å². The van der Waals surface area contributed by atoms with Crippen LogP contribution < -0.4 is 0 Å². The molecule has 0 amide bonds. The van der Waals surface area contributed by atoms with E-state index in [0.717, 1.165) is 3.57 Å². The summed E-state index contributed by atoms with van der Waals surface area (Å²) in [6, 6.07) is 4.10. The molecule has 0 aliphatic rings. The van der Waals surface area contributed by atoms with Gasteiger partial charge in [0.15, 0.2) is 0 Å². The second kappa shape index (κ2) is 6.48. The first kappa shape index (κ1) is 18.2. The maximum Gasteiger partial charge on any atom is 0.426 e. The summed E-state index contributed by atoms with van der Waals surface area (Å²) in [6.45, 7) is 1.65. The Morgan fingerprint density at radius 3 is 2.43 bits per heavy atom. The third-order valence-corrected chi connectivity index (χ3v) is 4.30. The van der Waals surface area contributed by atoms with Gasteiger partial charge in [0.2, 0.25) is 6.10 Å². The number of hydrogen-bond donors (Lipinski definition) is 1. The molecule has 1 rings (SSSR count). The molecule has 1 aromatic rings. The van der Waals surface area contributed by atoms with Gasteiger partial charge in [0.25, 0.3) is 10.1 Å². The van der Waals surface area contributed by atoms with Gasteiger partial charge in [-0.15, -0.1) is 0 Å². The van der Waals surface area contributed by atoms with Crippen molar-refractivity contribution in [1.82, 2.24) is 0 Å². The molecule has 118 valence electrons. The van der Waals surface area contributed by atoms with E-state index >= 15 is 0 Å². The Labute approximate surface area is 132 Å². The van der Waals surface area contributed by atoms with Gasteiger partial charge in [0.05, 0.1) is 5.56 Å². The minimum Gasteiger partial charge on any atom is -0.448 e. The van der Waals surface area contributed by atoms with Gasteiger partial charge in [0.1, 0.15) is 5.75 Å². The Balaban J connectivity index is 2.98. The van der Waals surface area contributed by atoms with Crippen LogP contribution in [0, 0.1) is 10.5 Å². The van der Waals surface area contributed by atoms with Crippen molar-refractivity contribution < 1.29 is 35.7 Å². The van der Waals surface area contributed by atoms with Crippen LogP contribution in [0.4, 0.5) is 13.2 Å². The molecule has 0 spiro atoms. The van der Waals surface area contributed by atoms with Crippen LogP contribution in [0.5, 0.6) is 0 Å². The lowest BCUT2D eigenvalue weighted by Crippen LogP contribution is -2.39. The summed E-state index contributed by atoms with van der Waals surface area (Å²) in [7, 11) is -4.95. The van der Waals surface area contributed by atoms with Crippen LogP contribution in [-0.4, -0.2) is 37.0 Å². The Kier molecular flexibility index (Phi) is 5.61. The summed E-state index contributed by atoms with van der Waals surface area (Å²) in [4.78, 5) is 11.6. The molecule has 0 aromatic heterocycles. The fourth-order valence-electron chi connectivity index (χ4n) is 1.36. The molecule has 0 fully saturated rings. The van der Waals surface area contributed by atoms with Crippen molar-refractivity contribution in [1.29, 1.82) is 0 Å². The standard InChI is InChI=1S/C11H10F3IO5S/c1-6-4-7(2-3-8(6)15)10(16)20-9(11(12,13)14)5-21(17,18)19/h2-4,9H,5H2,1H3,(H,17,18,19). The quantitative estimate of drug-likeness (QED) is 0.444. The minimum atomic E-state index is -5.11. The fraction of sp³-hybridized carbons (Fsp3) is 0.364. The van der Waals surface area contributed by atoms with Crippen LogP contribution in [0.1, 0.15) is 15.9 Å². The summed E-state index contributed by atoms with van der Waals surface area (Å²) >= 11 is 1.98. The van der Waals surface area contributed by atoms with E-state index in [1.165, 1.54) is 18.2 Å². The number of carbonyl (C=O) groups excluding carboxylic acids is 1. The topological polar surface area (TPSA) is 80.7 Å². The lowest BCUT2D eigenvalue weighted by atomic mass is 10.1. The molecule has 0 bridgehead atoms. The molecule has 0 saturated carbocycles. The molecule has 0 radical (unpaired) electrons. The predicted molar refractivity (Wildman–Crippen MR) is 75.6 cm³/mol. The molecular weight excluding hydrogens is 428 g/mol. The first-order chi connectivity index (χ1) is 9.40. The Bertz CT molecular complexity index is 642. The van der Waals surface area contributed by atoms with E-state index in [-0.39, 0.29) is 5.56 Å². The Hall–Kier alpha value is -0.880. The van der Waals surface area contributed by atoms with Crippen molar-refractivity contribution in [3.05, 3.63) is 32.9 Å². The second-order valence-corrected chi connectivity index (χ2v) is 6.81. The van der Waals surface area contributed by atoms with Crippen LogP contribution >= 0.6 is 22.6 Å². The van der Waals surface area contributed by atoms with Crippen molar-refractivity contribution in [3.8, 4) is 0 Å². The number of esters is 1. The highest BCUT2D eigenvalue weighted by Crippen LogP contribution is 2.25. The number of benzene rings is 1. The molecule has 0 saturated heterocycles. The van der Waals surface area contributed by atoms with Crippen LogP contribution in [0.2, 0.25) is 0 Å². The van der Waals surface area contributed by atoms with Gasteiger partial charge >= 0.3 is 12.1 Å². The highest BCUT2D eigenvalue weighted by Gasteiger charge is 2.45. The van der Waals surface area contributed by atoms with E-state index in [1.54, 1.807) is 6.92 Å². The molecule has 0 aliphatic carbocycles. The van der Waals surface area contributed by atoms with E-state index in [4.69, 9.17) is 4.55 Å². The minimum absolute atomic E-state index is 0.141. The maximum absolute atomic E-state index is 12.6. The van der Waals surface area contributed by atoms with Crippen molar-refractivity contribution in [2.45, 2.75) is 19.2 Å². The molecule has 10 heteroatoms. The van der Waals surface area contributed by atoms with Crippen molar-refractivity contribution in [2.75, 3.05) is 5.75 Å². The zero-order valence-electron chi connectivity index (χ0n) is 10.5. The lowest BCUT2D eigenvalue weighted by Gasteiger charge is -2.19. The molecule has 5 nitrogen and oxygen atoms in total. The van der Waals surface area contributed by atoms with Gasteiger partial charge in [-0.25, -0.2) is 4.79 Å². The lowest BCUT2D eigenvalue weighted by molar-refractivity contribution is -0.197. The highest BCUT2D eigenvalue weighted by molar-refractivity contribution is 14.1. The monoisotopic (exact) mass is 438 g/mol. The van der Waals surface area contributed by atoms with Crippen LogP contribution in [0.3, 0.4) is 0 Å². The number of rotatable bonds is 4. The van der Waals surface area contributed by atoms with Gasteiger partial charge in [0, 0.05) is 3.57 Å². The van der Waals surface area contributed by atoms with Crippen molar-refractivity contribution >= 4 is 38.7 Å². The largest absolute Gasteiger partial charge is 0.448 e. The van der Waals surface area contributed by atoms with E-state index in [1.807, 2.05) is 22.6 Å². The first-order valence-corrected chi connectivity index (χ1v) is 8.08. The average Bonchev–Trinajstić information content (AvgIpc) is 2.28. The predicted octanol–water partition coefficient (Wildman–Crippen LogP) is 2.58. The zero-order valence-corrected chi connectivity index (χ0v) is 13.5. The number of ether oxygens (including phenoxy) is 1. The third-order valence-electron chi connectivity index (χ3n) is 2.37. The van der Waals surface area contributed by atoms with E-state index < -0.39 is 34.1 Å². The normalized spacial score (nSPS) is 13.8. The van der Waals surface area contributed by atoms with E-state index in [2.05, 4.69) is 4.74 Å². The van der Waals surface area contributed by atoms with E-state index in [9.17, 15) is 26.4 Å². The summed E-state index contributed by atoms with van der Waals surface area (Å²) in [5.74, 6) is -3.06. The average molecular weight is 438 g/mol. The Morgan fingerprint density at radius 1 is 1.43 bits per heavy atom. The number of halogens is 4. The summed E-state index contributed by atoms with van der Waals surface area (Å²) < 4.78 is 72.4. The van der Waals surface area contributed by atoms with Gasteiger partial charge in [-0.2, -0.15) is 21.6 Å². The molecular formula is C11H10F3IO5S. The zero-order chi connectivity index (χ0) is 16.4. The van der Waals surface area contributed by atoms with Crippen LogP contribution in [-0.2, 0) is 14.9 Å². The molecule has 1 N–H and O–H groups in total. The number of carbonyl (C=O) groups is 1. The van der Waals surface area contributed by atoms with Gasteiger partial charge in [-0.05, 0) is 53.3 Å². The van der Waals surface area contributed by atoms with Crippen molar-refractivity contribution in [2.24, 2.45) is 0 Å². The highest BCUT2D eigenvalue weighted by atomic mass is 127. The number of hydrogen-bond acceptors (Lipinski definition) is 4. The number of alkyl halides is 3. The first-order valence-electron chi connectivity index (χ1n) is 5.39. The Morgan fingerprint density at radius 2 is 2.00 bits per heavy atom. The van der Waals surface area contributed by atoms with Crippen LogP contribution in [0.25, 0.3) is 0 Å². The fourth-order valence-corrected chi connectivity index (χ4v) is 2.33. The molecule has 1 aromatic carbocycles. The molecule has 1 atom stereocenters. The summed E-state index contributed by atoms with van der Waals surface area (Å²) in [6.07, 6.45) is -8.04. The van der Waals surface area contributed by atoms with Crippen molar-refractivity contribution in [3.63, 3.8) is 0 Å². The van der Waals surface area contributed by atoms with Gasteiger partial charge in [-0.3, -0.25) is 4.55 Å². The van der Waals surface area contributed by atoms with Crippen LogP contribution in [0.15, 0.2) is 18.2 Å².